The van der Waals surface area contributed by atoms with E-state index in [1.165, 1.54) is 0 Å². The number of rotatable bonds is 4. The molecule has 3 aromatic rings. The minimum Gasteiger partial charge on any atom is -0.346 e. The van der Waals surface area contributed by atoms with Gasteiger partial charge in [-0.1, -0.05) is 44.0 Å². The Balaban J connectivity index is 1.72. The molecule has 1 saturated heterocycles. The van der Waals surface area contributed by atoms with Crippen molar-refractivity contribution in [3.8, 4) is 0 Å². The van der Waals surface area contributed by atoms with Crippen LogP contribution in [0.3, 0.4) is 0 Å². The molecule has 4 rings (SSSR count). The lowest BCUT2D eigenvalue weighted by Gasteiger charge is -2.26. The Morgan fingerprint density at radius 1 is 0.615 bits per heavy atom. The molecule has 0 saturated carbocycles. The summed E-state index contributed by atoms with van der Waals surface area (Å²) in [6.45, 7) is 1.30. The van der Waals surface area contributed by atoms with Crippen LogP contribution in [0.4, 0.5) is 17.1 Å². The molecular weight excluding hydrogens is 458 g/mol. The van der Waals surface area contributed by atoms with Gasteiger partial charge in [0.2, 0.25) is 0 Å². The number of halogens is 2. The Labute approximate surface area is 169 Å². The second-order valence-corrected chi connectivity index (χ2v) is 7.78. The van der Waals surface area contributed by atoms with Crippen molar-refractivity contribution in [2.75, 3.05) is 18.1 Å². The lowest BCUT2D eigenvalue weighted by Crippen LogP contribution is -2.10. The average Bonchev–Trinajstić information content (AvgIpc) is 3.20. The van der Waals surface area contributed by atoms with Crippen molar-refractivity contribution in [1.29, 1.82) is 0 Å². The van der Waals surface area contributed by atoms with E-state index in [-0.39, 0.29) is 6.29 Å². The van der Waals surface area contributed by atoms with Gasteiger partial charge in [-0.15, -0.1) is 0 Å². The highest BCUT2D eigenvalue weighted by Gasteiger charge is 2.19. The van der Waals surface area contributed by atoms with Gasteiger partial charge in [-0.05, 0) is 60.7 Å². The van der Waals surface area contributed by atoms with Crippen molar-refractivity contribution in [2.45, 2.75) is 6.29 Å². The molecule has 0 spiro atoms. The van der Waals surface area contributed by atoms with Crippen molar-refractivity contribution in [3.63, 3.8) is 0 Å². The molecule has 0 bridgehead atoms. The van der Waals surface area contributed by atoms with E-state index in [4.69, 9.17) is 9.47 Å². The second kappa shape index (κ2) is 7.92. The molecule has 1 fully saturated rings. The highest BCUT2D eigenvalue weighted by molar-refractivity contribution is 9.10. The van der Waals surface area contributed by atoms with Crippen LogP contribution in [0, 0.1) is 0 Å². The lowest BCUT2D eigenvalue weighted by atomic mass is 10.1. The highest BCUT2D eigenvalue weighted by Crippen LogP contribution is 2.36. The highest BCUT2D eigenvalue weighted by atomic mass is 79.9. The monoisotopic (exact) mass is 473 g/mol. The predicted octanol–water partition coefficient (Wildman–Crippen LogP) is 6.73. The molecule has 26 heavy (non-hydrogen) atoms. The quantitative estimate of drug-likeness (QED) is 0.418. The fourth-order valence-electron chi connectivity index (χ4n) is 2.96. The molecule has 0 atom stereocenters. The molecule has 0 aromatic heterocycles. The molecule has 3 aromatic carbocycles. The largest absolute Gasteiger partial charge is 0.346 e. The molecule has 0 N–H and O–H groups in total. The maximum absolute atomic E-state index is 5.59. The van der Waals surface area contributed by atoms with Crippen LogP contribution in [0.1, 0.15) is 11.9 Å². The van der Waals surface area contributed by atoms with Gasteiger partial charge in [0.1, 0.15) is 0 Å². The Bertz CT molecular complexity index is 813. The summed E-state index contributed by atoms with van der Waals surface area (Å²) in [5, 5.41) is 0. The van der Waals surface area contributed by atoms with E-state index in [1.807, 2.05) is 0 Å². The topological polar surface area (TPSA) is 21.7 Å². The number of ether oxygens (including phenoxy) is 2. The second-order valence-electron chi connectivity index (χ2n) is 5.95. The maximum atomic E-state index is 5.59. The van der Waals surface area contributed by atoms with E-state index >= 15 is 0 Å². The molecule has 0 unspecified atom stereocenters. The SMILES string of the molecule is Brc1ccc(N(c2ccc(Br)cc2)c2ccc(C3OCCO3)cc2)cc1. The molecule has 132 valence electrons. The smallest absolute Gasteiger partial charge is 0.184 e. The van der Waals surface area contributed by atoms with Crippen LogP contribution in [-0.4, -0.2) is 13.2 Å². The van der Waals surface area contributed by atoms with Crippen LogP contribution >= 0.6 is 31.9 Å². The number of anilines is 3. The molecule has 1 heterocycles. The maximum Gasteiger partial charge on any atom is 0.184 e. The van der Waals surface area contributed by atoms with Gasteiger partial charge in [-0.3, -0.25) is 0 Å². The molecule has 1 aliphatic rings. The summed E-state index contributed by atoms with van der Waals surface area (Å²) in [5.74, 6) is 0. The minimum absolute atomic E-state index is 0.252. The van der Waals surface area contributed by atoms with Crippen molar-refractivity contribution >= 4 is 48.9 Å². The molecule has 1 aliphatic heterocycles. The average molecular weight is 475 g/mol. The number of hydrogen-bond donors (Lipinski definition) is 0. The third kappa shape index (κ3) is 3.86. The zero-order valence-corrected chi connectivity index (χ0v) is 17.1. The molecule has 5 heteroatoms. The Hall–Kier alpha value is -1.66. The van der Waals surface area contributed by atoms with Gasteiger partial charge in [0.15, 0.2) is 6.29 Å². The fraction of sp³-hybridized carbons (Fsp3) is 0.143. The van der Waals surface area contributed by atoms with E-state index in [1.54, 1.807) is 0 Å². The number of nitrogens with zero attached hydrogens (tertiary/aromatic N) is 1. The predicted molar refractivity (Wildman–Crippen MR) is 111 cm³/mol. The molecule has 0 radical (unpaired) electrons. The summed E-state index contributed by atoms with van der Waals surface area (Å²) in [6.07, 6.45) is -0.252. The third-order valence-corrected chi connectivity index (χ3v) is 5.27. The zero-order chi connectivity index (χ0) is 17.9. The summed E-state index contributed by atoms with van der Waals surface area (Å²) in [7, 11) is 0. The third-order valence-electron chi connectivity index (χ3n) is 4.21. The molecule has 0 aliphatic carbocycles. The summed E-state index contributed by atoms with van der Waals surface area (Å²) in [4.78, 5) is 2.22. The van der Waals surface area contributed by atoms with Gasteiger partial charge in [-0.2, -0.15) is 0 Å². The number of hydrogen-bond acceptors (Lipinski definition) is 3. The molecule has 3 nitrogen and oxygen atoms in total. The van der Waals surface area contributed by atoms with Crippen molar-refractivity contribution < 1.29 is 9.47 Å². The van der Waals surface area contributed by atoms with Gasteiger partial charge >= 0.3 is 0 Å². The summed E-state index contributed by atoms with van der Waals surface area (Å²) < 4.78 is 13.3. The Morgan fingerprint density at radius 2 is 1.00 bits per heavy atom. The first kappa shape index (κ1) is 17.7. The summed E-state index contributed by atoms with van der Waals surface area (Å²) in [5.41, 5.74) is 4.31. The fourth-order valence-corrected chi connectivity index (χ4v) is 3.49. The van der Waals surface area contributed by atoms with Gasteiger partial charge in [0, 0.05) is 31.6 Å². The normalized spacial score (nSPS) is 14.5. The molecule has 0 amide bonds. The van der Waals surface area contributed by atoms with Crippen LogP contribution in [0.5, 0.6) is 0 Å². The van der Waals surface area contributed by atoms with Crippen LogP contribution in [0.25, 0.3) is 0 Å². The summed E-state index contributed by atoms with van der Waals surface area (Å²) >= 11 is 7.02. The first-order valence-corrected chi connectivity index (χ1v) is 9.94. The standard InChI is InChI=1S/C21H17Br2NO2/c22-16-3-9-19(10-4-16)24(20-11-5-17(23)6-12-20)18-7-1-15(2-8-18)21-25-13-14-26-21/h1-12,21H,13-14H2. The van der Waals surface area contributed by atoms with Crippen molar-refractivity contribution in [1.82, 2.24) is 0 Å². The van der Waals surface area contributed by atoms with Crippen LogP contribution in [0.2, 0.25) is 0 Å². The first-order chi connectivity index (χ1) is 12.7. The summed E-state index contributed by atoms with van der Waals surface area (Å²) in [6, 6.07) is 24.9. The minimum atomic E-state index is -0.252. The van der Waals surface area contributed by atoms with E-state index in [0.717, 1.165) is 31.6 Å². The van der Waals surface area contributed by atoms with Crippen LogP contribution < -0.4 is 4.90 Å². The van der Waals surface area contributed by atoms with Crippen molar-refractivity contribution in [3.05, 3.63) is 87.3 Å². The van der Waals surface area contributed by atoms with Gasteiger partial charge in [0.05, 0.1) is 13.2 Å². The first-order valence-electron chi connectivity index (χ1n) is 8.35. The van der Waals surface area contributed by atoms with E-state index < -0.39 is 0 Å². The lowest BCUT2D eigenvalue weighted by molar-refractivity contribution is -0.0441. The van der Waals surface area contributed by atoms with E-state index in [9.17, 15) is 0 Å². The van der Waals surface area contributed by atoms with E-state index in [0.29, 0.717) is 13.2 Å². The molecular formula is C21H17Br2NO2. The van der Waals surface area contributed by atoms with Gasteiger partial charge in [0.25, 0.3) is 0 Å². The van der Waals surface area contributed by atoms with Gasteiger partial charge < -0.3 is 14.4 Å². The van der Waals surface area contributed by atoms with E-state index in [2.05, 4.69) is 110 Å². The Morgan fingerprint density at radius 3 is 1.42 bits per heavy atom. The van der Waals surface area contributed by atoms with Crippen molar-refractivity contribution in [2.24, 2.45) is 0 Å². The Kier molecular flexibility index (Phi) is 5.41. The van der Waals surface area contributed by atoms with Crippen LogP contribution in [-0.2, 0) is 9.47 Å². The van der Waals surface area contributed by atoms with Crippen LogP contribution in [0.15, 0.2) is 81.7 Å². The van der Waals surface area contributed by atoms with Gasteiger partial charge in [-0.25, -0.2) is 0 Å². The number of benzene rings is 3. The zero-order valence-electron chi connectivity index (χ0n) is 13.9.